The van der Waals surface area contributed by atoms with Gasteiger partial charge in [-0.2, -0.15) is 0 Å². The molecule has 0 aliphatic carbocycles. The summed E-state index contributed by atoms with van der Waals surface area (Å²) in [5.41, 5.74) is 8.12. The first-order chi connectivity index (χ1) is 10.1. The topological polar surface area (TPSA) is 70.1 Å². The summed E-state index contributed by atoms with van der Waals surface area (Å²) in [6.07, 6.45) is 5.96. The predicted molar refractivity (Wildman–Crippen MR) is 80.8 cm³/mol. The van der Waals surface area contributed by atoms with E-state index in [1.54, 1.807) is 19.5 Å². The maximum absolute atomic E-state index is 11.8. The second-order valence-corrected chi connectivity index (χ2v) is 5.12. The van der Waals surface area contributed by atoms with Crippen molar-refractivity contribution in [1.82, 2.24) is 9.55 Å². The molecule has 3 rings (SSSR count). The predicted octanol–water partition coefficient (Wildman–Crippen LogP) is 2.69. The molecule has 0 bridgehead atoms. The van der Waals surface area contributed by atoms with E-state index in [-0.39, 0.29) is 0 Å². The van der Waals surface area contributed by atoms with Crippen LogP contribution >= 0.6 is 11.6 Å². The van der Waals surface area contributed by atoms with Crippen LogP contribution in [0.3, 0.4) is 0 Å². The molecule has 0 spiro atoms. The molecule has 1 aliphatic heterocycles. The van der Waals surface area contributed by atoms with Crippen molar-refractivity contribution < 1.29 is 9.53 Å². The van der Waals surface area contributed by atoms with Gasteiger partial charge in [-0.25, -0.2) is 0 Å². The van der Waals surface area contributed by atoms with Gasteiger partial charge in [0.15, 0.2) is 0 Å². The van der Waals surface area contributed by atoms with Gasteiger partial charge in [0.25, 0.3) is 5.91 Å². The Hall–Kier alpha value is -2.27. The molecule has 108 valence electrons. The van der Waals surface area contributed by atoms with Crippen molar-refractivity contribution in [3.8, 4) is 11.3 Å². The average Bonchev–Trinajstić information content (AvgIpc) is 2.79. The van der Waals surface area contributed by atoms with Crippen LogP contribution in [0.15, 0.2) is 30.3 Å². The van der Waals surface area contributed by atoms with Gasteiger partial charge in [0.1, 0.15) is 0 Å². The first-order valence-corrected chi connectivity index (χ1v) is 6.88. The number of nitrogens with two attached hydrogens (primary N) is 1. The molecule has 0 saturated carbocycles. The SMILES string of the molecule is COC1=Cc2c(C(N)=O)c(Cl)c(-c3cccnc3)n2CC1. The first kappa shape index (κ1) is 13.7. The van der Waals surface area contributed by atoms with Gasteiger partial charge >= 0.3 is 0 Å². The van der Waals surface area contributed by atoms with Gasteiger partial charge in [-0.3, -0.25) is 9.78 Å². The van der Waals surface area contributed by atoms with Crippen LogP contribution in [0.5, 0.6) is 0 Å². The second-order valence-electron chi connectivity index (χ2n) is 4.75. The van der Waals surface area contributed by atoms with Gasteiger partial charge in [-0.1, -0.05) is 11.6 Å². The van der Waals surface area contributed by atoms with E-state index in [1.165, 1.54) is 0 Å². The molecule has 1 amide bonds. The zero-order valence-corrected chi connectivity index (χ0v) is 12.2. The van der Waals surface area contributed by atoms with Crippen molar-refractivity contribution >= 4 is 23.6 Å². The molecular weight excluding hydrogens is 290 g/mol. The Bertz CT molecular complexity index is 735. The van der Waals surface area contributed by atoms with Crippen LogP contribution in [0.1, 0.15) is 22.5 Å². The lowest BCUT2D eigenvalue weighted by Gasteiger charge is -2.18. The number of carbonyl (C=O) groups is 1. The lowest BCUT2D eigenvalue weighted by molar-refractivity contribution is 0.1000. The molecule has 0 unspecified atom stereocenters. The Balaban J connectivity index is 2.29. The van der Waals surface area contributed by atoms with Gasteiger partial charge in [0, 0.05) is 37.0 Å². The van der Waals surface area contributed by atoms with Crippen molar-refractivity contribution in [1.29, 1.82) is 0 Å². The maximum Gasteiger partial charge on any atom is 0.252 e. The molecule has 0 saturated heterocycles. The van der Waals surface area contributed by atoms with Crippen LogP contribution in [0.25, 0.3) is 17.3 Å². The molecule has 2 N–H and O–H groups in total. The average molecular weight is 304 g/mol. The number of primary amides is 1. The summed E-state index contributed by atoms with van der Waals surface area (Å²) in [5.74, 6) is 0.254. The summed E-state index contributed by atoms with van der Waals surface area (Å²) >= 11 is 6.42. The summed E-state index contributed by atoms with van der Waals surface area (Å²) in [4.78, 5) is 15.9. The Morgan fingerprint density at radius 3 is 2.95 bits per heavy atom. The molecule has 0 atom stereocenters. The number of nitrogens with zero attached hydrogens (tertiary/aromatic N) is 2. The van der Waals surface area contributed by atoms with E-state index in [2.05, 4.69) is 4.98 Å². The van der Waals surface area contributed by atoms with E-state index < -0.39 is 5.91 Å². The molecular formula is C15H14ClN3O2. The summed E-state index contributed by atoms with van der Waals surface area (Å²) in [6.45, 7) is 0.673. The highest BCUT2D eigenvalue weighted by atomic mass is 35.5. The molecule has 1 aliphatic rings. The molecule has 6 heteroatoms. The number of hydrogen-bond donors (Lipinski definition) is 1. The highest BCUT2D eigenvalue weighted by Gasteiger charge is 2.27. The van der Waals surface area contributed by atoms with Gasteiger partial charge in [0.05, 0.1) is 34.8 Å². The molecule has 21 heavy (non-hydrogen) atoms. The van der Waals surface area contributed by atoms with E-state index >= 15 is 0 Å². The number of carbonyl (C=O) groups excluding carboxylic acids is 1. The number of aromatic nitrogens is 2. The van der Waals surface area contributed by atoms with E-state index in [4.69, 9.17) is 22.1 Å². The fraction of sp³-hybridized carbons (Fsp3) is 0.200. The second kappa shape index (κ2) is 5.26. The minimum Gasteiger partial charge on any atom is -0.501 e. The normalized spacial score (nSPS) is 13.5. The number of pyridine rings is 1. The van der Waals surface area contributed by atoms with Crippen molar-refractivity contribution in [2.24, 2.45) is 5.73 Å². The number of amides is 1. The number of ether oxygens (including phenoxy) is 1. The quantitative estimate of drug-likeness (QED) is 0.947. The molecule has 0 fully saturated rings. The highest BCUT2D eigenvalue weighted by molar-refractivity contribution is 6.37. The molecule has 2 aromatic heterocycles. The number of halogens is 1. The molecule has 5 nitrogen and oxygen atoms in total. The molecule has 0 radical (unpaired) electrons. The van der Waals surface area contributed by atoms with Gasteiger partial charge in [-0.15, -0.1) is 0 Å². The summed E-state index contributed by atoms with van der Waals surface area (Å²) in [7, 11) is 1.61. The number of methoxy groups -OCH3 is 1. The largest absolute Gasteiger partial charge is 0.501 e. The van der Waals surface area contributed by atoms with E-state index in [0.717, 1.165) is 23.4 Å². The van der Waals surface area contributed by atoms with Gasteiger partial charge in [-0.05, 0) is 12.1 Å². The van der Waals surface area contributed by atoms with Crippen LogP contribution < -0.4 is 5.73 Å². The number of allylic oxidation sites excluding steroid dienone is 1. The summed E-state index contributed by atoms with van der Waals surface area (Å²) < 4.78 is 7.27. The van der Waals surface area contributed by atoms with Crippen LogP contribution in [-0.2, 0) is 11.3 Å². The third-order valence-electron chi connectivity index (χ3n) is 3.57. The number of fused-ring (bicyclic) bond motifs is 1. The van der Waals surface area contributed by atoms with Crippen LogP contribution in [0.4, 0.5) is 0 Å². The molecule has 3 heterocycles. The van der Waals surface area contributed by atoms with E-state index in [0.29, 0.717) is 22.8 Å². The van der Waals surface area contributed by atoms with Crippen LogP contribution in [-0.4, -0.2) is 22.6 Å². The zero-order valence-electron chi connectivity index (χ0n) is 11.5. The third-order valence-corrected chi connectivity index (χ3v) is 3.94. The number of rotatable bonds is 3. The Morgan fingerprint density at radius 2 is 2.33 bits per heavy atom. The minimum atomic E-state index is -0.549. The van der Waals surface area contributed by atoms with E-state index in [1.807, 2.05) is 22.8 Å². The fourth-order valence-electron chi connectivity index (χ4n) is 2.61. The molecule has 0 aromatic carbocycles. The summed E-state index contributed by atoms with van der Waals surface area (Å²) in [5, 5.41) is 0.360. The maximum atomic E-state index is 11.8. The zero-order chi connectivity index (χ0) is 15.0. The minimum absolute atomic E-state index is 0.324. The lowest BCUT2D eigenvalue weighted by atomic mass is 10.1. The van der Waals surface area contributed by atoms with Gasteiger partial charge < -0.3 is 15.0 Å². The third kappa shape index (κ3) is 2.19. The number of hydrogen-bond acceptors (Lipinski definition) is 3. The van der Waals surface area contributed by atoms with Crippen LogP contribution in [0, 0.1) is 0 Å². The monoisotopic (exact) mass is 303 g/mol. The smallest absolute Gasteiger partial charge is 0.252 e. The standard InChI is InChI=1S/C15H14ClN3O2/c1-21-10-4-6-19-11(7-10)12(15(17)20)13(16)14(19)9-3-2-5-18-8-9/h2-3,5,7-8H,4,6H2,1H3,(H2,17,20). The Kier molecular flexibility index (Phi) is 3.43. The highest BCUT2D eigenvalue weighted by Crippen LogP contribution is 2.38. The Morgan fingerprint density at radius 1 is 1.52 bits per heavy atom. The fourth-order valence-corrected chi connectivity index (χ4v) is 3.02. The van der Waals surface area contributed by atoms with E-state index in [9.17, 15) is 4.79 Å². The Labute approximate surface area is 127 Å². The van der Waals surface area contributed by atoms with Gasteiger partial charge in [0.2, 0.25) is 0 Å². The van der Waals surface area contributed by atoms with Crippen molar-refractivity contribution in [3.05, 3.63) is 46.6 Å². The van der Waals surface area contributed by atoms with Crippen molar-refractivity contribution in [2.75, 3.05) is 7.11 Å². The van der Waals surface area contributed by atoms with Crippen molar-refractivity contribution in [2.45, 2.75) is 13.0 Å². The first-order valence-electron chi connectivity index (χ1n) is 6.50. The lowest BCUT2D eigenvalue weighted by Crippen LogP contribution is -2.15. The molecule has 2 aromatic rings. The van der Waals surface area contributed by atoms with Crippen LogP contribution in [0.2, 0.25) is 5.02 Å². The summed E-state index contributed by atoms with van der Waals surface area (Å²) in [6, 6.07) is 3.73. The van der Waals surface area contributed by atoms with Crippen molar-refractivity contribution in [3.63, 3.8) is 0 Å².